The largest absolute Gasteiger partial charge is 0.391 e. The molecule has 1 N–H and O–H groups in total. The average Bonchev–Trinajstić information content (AvgIpc) is 2.53. The first-order valence-electron chi connectivity index (χ1n) is 4.16. The predicted molar refractivity (Wildman–Crippen MR) is 57.6 cm³/mol. The molecule has 0 saturated carbocycles. The Hall–Kier alpha value is -0.430. The van der Waals surface area contributed by atoms with E-state index in [0.717, 1.165) is 22.5 Å². The summed E-state index contributed by atoms with van der Waals surface area (Å²) in [7, 11) is 0. The molecule has 1 unspecified atom stereocenters. The third kappa shape index (κ3) is 2.08. The van der Waals surface area contributed by atoms with E-state index in [0.29, 0.717) is 6.54 Å². The fourth-order valence-electron chi connectivity index (χ4n) is 1.39. The number of rotatable bonds is 1. The van der Waals surface area contributed by atoms with Crippen molar-refractivity contribution in [2.45, 2.75) is 12.5 Å². The number of aliphatic hydroxyl groups excluding tert-OH is 1. The summed E-state index contributed by atoms with van der Waals surface area (Å²) in [6, 6.07) is 0. The lowest BCUT2D eigenvalue weighted by Crippen LogP contribution is -2.23. The third-order valence-electron chi connectivity index (χ3n) is 2.05. The Morgan fingerprint density at radius 2 is 2.15 bits per heavy atom. The second-order valence-electron chi connectivity index (χ2n) is 3.09. The highest BCUT2D eigenvalue weighted by molar-refractivity contribution is 14.1. The lowest BCUT2D eigenvalue weighted by molar-refractivity contribution is 0.198. The van der Waals surface area contributed by atoms with Crippen LogP contribution in [0.1, 0.15) is 6.42 Å². The fraction of sp³-hybridized carbons (Fsp3) is 0.500. The molecule has 2 rings (SSSR count). The van der Waals surface area contributed by atoms with Crippen LogP contribution in [0.3, 0.4) is 0 Å². The van der Waals surface area contributed by atoms with Gasteiger partial charge in [0.1, 0.15) is 0 Å². The van der Waals surface area contributed by atoms with Crippen molar-refractivity contribution in [3.63, 3.8) is 0 Å². The van der Waals surface area contributed by atoms with Crippen LogP contribution < -0.4 is 4.90 Å². The number of β-amino-alcohol motifs (C(OH)–C–C–N with tert-alkyl or cyclic N) is 1. The molecule has 1 aromatic rings. The zero-order valence-electron chi connectivity index (χ0n) is 7.02. The maximum Gasteiger partial charge on any atom is 0.225 e. The van der Waals surface area contributed by atoms with Crippen molar-refractivity contribution in [2.75, 3.05) is 18.0 Å². The minimum Gasteiger partial charge on any atom is -0.391 e. The van der Waals surface area contributed by atoms with Crippen molar-refractivity contribution in [1.29, 1.82) is 0 Å². The van der Waals surface area contributed by atoms with Gasteiger partial charge in [-0.1, -0.05) is 0 Å². The van der Waals surface area contributed by atoms with Crippen LogP contribution in [0, 0.1) is 3.57 Å². The third-order valence-corrected chi connectivity index (χ3v) is 2.61. The molecular formula is C8H10IN3O. The maximum absolute atomic E-state index is 9.32. The fourth-order valence-corrected chi connectivity index (χ4v) is 1.67. The van der Waals surface area contributed by atoms with Gasteiger partial charge in [-0.3, -0.25) is 0 Å². The first-order chi connectivity index (χ1) is 6.25. The van der Waals surface area contributed by atoms with Crippen LogP contribution >= 0.6 is 22.6 Å². The van der Waals surface area contributed by atoms with Gasteiger partial charge in [0.15, 0.2) is 0 Å². The first-order valence-corrected chi connectivity index (χ1v) is 5.24. The lowest BCUT2D eigenvalue weighted by Gasteiger charge is -2.14. The molecule has 1 aliphatic rings. The molecule has 0 aromatic carbocycles. The second kappa shape index (κ2) is 3.75. The monoisotopic (exact) mass is 291 g/mol. The minimum absolute atomic E-state index is 0.220. The summed E-state index contributed by atoms with van der Waals surface area (Å²) in [5.74, 6) is 0.719. The van der Waals surface area contributed by atoms with E-state index in [1.54, 1.807) is 12.4 Å². The van der Waals surface area contributed by atoms with Gasteiger partial charge in [0, 0.05) is 29.1 Å². The highest BCUT2D eigenvalue weighted by Gasteiger charge is 2.21. The summed E-state index contributed by atoms with van der Waals surface area (Å²) in [5, 5.41) is 9.32. The van der Waals surface area contributed by atoms with Crippen molar-refractivity contribution in [2.24, 2.45) is 0 Å². The summed E-state index contributed by atoms with van der Waals surface area (Å²) >= 11 is 2.17. The zero-order chi connectivity index (χ0) is 9.26. The van der Waals surface area contributed by atoms with Gasteiger partial charge in [-0.15, -0.1) is 0 Å². The van der Waals surface area contributed by atoms with Gasteiger partial charge < -0.3 is 10.0 Å². The van der Waals surface area contributed by atoms with Crippen molar-refractivity contribution < 1.29 is 5.11 Å². The summed E-state index contributed by atoms with van der Waals surface area (Å²) in [4.78, 5) is 10.4. The summed E-state index contributed by atoms with van der Waals surface area (Å²) < 4.78 is 1.03. The zero-order valence-corrected chi connectivity index (χ0v) is 9.18. The molecule has 5 heteroatoms. The molecule has 13 heavy (non-hydrogen) atoms. The molecule has 0 aliphatic carbocycles. The van der Waals surface area contributed by atoms with Crippen LogP contribution in [-0.2, 0) is 0 Å². The molecule has 2 heterocycles. The van der Waals surface area contributed by atoms with Crippen molar-refractivity contribution in [1.82, 2.24) is 9.97 Å². The second-order valence-corrected chi connectivity index (χ2v) is 4.34. The molecule has 1 fully saturated rings. The predicted octanol–water partition coefficient (Wildman–Crippen LogP) is 0.652. The van der Waals surface area contributed by atoms with Gasteiger partial charge in [-0.2, -0.15) is 0 Å². The number of anilines is 1. The molecule has 1 atom stereocenters. The number of nitrogens with zero attached hydrogens (tertiary/aromatic N) is 3. The van der Waals surface area contributed by atoms with Crippen LogP contribution in [0.4, 0.5) is 5.95 Å². The smallest absolute Gasteiger partial charge is 0.225 e. The number of hydrogen-bond acceptors (Lipinski definition) is 4. The van der Waals surface area contributed by atoms with Gasteiger partial charge in [0.2, 0.25) is 5.95 Å². The van der Waals surface area contributed by atoms with E-state index >= 15 is 0 Å². The maximum atomic E-state index is 9.32. The molecule has 0 amide bonds. The SMILES string of the molecule is OC1CCN(c2ncc(I)cn2)C1. The van der Waals surface area contributed by atoms with E-state index in [-0.39, 0.29) is 6.10 Å². The van der Waals surface area contributed by atoms with Crippen molar-refractivity contribution in [3.8, 4) is 0 Å². The van der Waals surface area contributed by atoms with E-state index in [2.05, 4.69) is 32.6 Å². The summed E-state index contributed by atoms with van der Waals surface area (Å²) in [5.41, 5.74) is 0. The quantitative estimate of drug-likeness (QED) is 0.772. The molecule has 0 radical (unpaired) electrons. The average molecular weight is 291 g/mol. The van der Waals surface area contributed by atoms with Crippen molar-refractivity contribution in [3.05, 3.63) is 16.0 Å². The Kier molecular flexibility index (Phi) is 2.63. The number of hydrogen-bond donors (Lipinski definition) is 1. The molecule has 0 bridgehead atoms. The van der Waals surface area contributed by atoms with Crippen molar-refractivity contribution >= 4 is 28.5 Å². The van der Waals surface area contributed by atoms with Crippen LogP contribution in [0.5, 0.6) is 0 Å². The molecule has 1 aliphatic heterocycles. The van der Waals surface area contributed by atoms with E-state index in [9.17, 15) is 5.11 Å². The number of aromatic nitrogens is 2. The number of halogens is 1. The van der Waals surface area contributed by atoms with Gasteiger partial charge in [-0.05, 0) is 29.0 Å². The Labute approximate surface area is 90.1 Å². The number of aliphatic hydroxyl groups is 1. The van der Waals surface area contributed by atoms with E-state index in [1.165, 1.54) is 0 Å². The highest BCUT2D eigenvalue weighted by atomic mass is 127. The Morgan fingerprint density at radius 1 is 1.46 bits per heavy atom. The molecule has 70 valence electrons. The normalized spacial score (nSPS) is 22.3. The Bertz CT molecular complexity index is 290. The molecule has 4 nitrogen and oxygen atoms in total. The topological polar surface area (TPSA) is 49.2 Å². The first kappa shape index (κ1) is 9.14. The Balaban J connectivity index is 2.13. The lowest BCUT2D eigenvalue weighted by atomic mass is 10.3. The summed E-state index contributed by atoms with van der Waals surface area (Å²) in [6.07, 6.45) is 4.17. The van der Waals surface area contributed by atoms with Crippen LogP contribution in [0.2, 0.25) is 0 Å². The van der Waals surface area contributed by atoms with Gasteiger partial charge in [0.25, 0.3) is 0 Å². The van der Waals surface area contributed by atoms with Gasteiger partial charge in [-0.25, -0.2) is 9.97 Å². The molecule has 0 spiro atoms. The van der Waals surface area contributed by atoms with Crippen LogP contribution in [0.25, 0.3) is 0 Å². The summed E-state index contributed by atoms with van der Waals surface area (Å²) in [6.45, 7) is 1.50. The molecule has 1 saturated heterocycles. The molecule has 1 aromatic heterocycles. The molecular weight excluding hydrogens is 281 g/mol. The van der Waals surface area contributed by atoms with E-state index in [4.69, 9.17) is 0 Å². The Morgan fingerprint density at radius 3 is 2.69 bits per heavy atom. The van der Waals surface area contributed by atoms with Crippen LogP contribution in [0.15, 0.2) is 12.4 Å². The standard InChI is InChI=1S/C8H10IN3O/c9-6-3-10-8(11-4-6)12-2-1-7(13)5-12/h3-4,7,13H,1-2,5H2. The van der Waals surface area contributed by atoms with Gasteiger partial charge >= 0.3 is 0 Å². The van der Waals surface area contributed by atoms with Crippen LogP contribution in [-0.4, -0.2) is 34.3 Å². The minimum atomic E-state index is -0.220. The van der Waals surface area contributed by atoms with E-state index in [1.807, 2.05) is 4.90 Å². The van der Waals surface area contributed by atoms with E-state index < -0.39 is 0 Å². The highest BCUT2D eigenvalue weighted by Crippen LogP contribution is 2.15. The van der Waals surface area contributed by atoms with Gasteiger partial charge in [0.05, 0.1) is 6.10 Å².